The maximum Gasteiger partial charge on any atom is 0.313 e. The molecule has 2 N–H and O–H groups in total. The van der Waals surface area contributed by atoms with Crippen molar-refractivity contribution in [3.05, 3.63) is 58.0 Å². The first-order valence-electron chi connectivity index (χ1n) is 7.16. The number of furan rings is 1. The molecule has 0 unspecified atom stereocenters. The van der Waals surface area contributed by atoms with E-state index in [9.17, 15) is 9.59 Å². The molecule has 2 amide bonds. The third-order valence-corrected chi connectivity index (χ3v) is 4.71. The van der Waals surface area contributed by atoms with Crippen LogP contribution in [0.4, 0.5) is 0 Å². The van der Waals surface area contributed by atoms with E-state index in [1.165, 1.54) is 30.2 Å². The van der Waals surface area contributed by atoms with Gasteiger partial charge in [-0.2, -0.15) is 4.99 Å². The smallest absolute Gasteiger partial charge is 0.313 e. The van der Waals surface area contributed by atoms with E-state index in [-0.39, 0.29) is 16.6 Å². The number of halogens is 2. The first-order valence-corrected chi connectivity index (χ1v) is 8.90. The first kappa shape index (κ1) is 18.4. The lowest BCUT2D eigenvalue weighted by atomic mass is 10.2. The summed E-state index contributed by atoms with van der Waals surface area (Å²) in [6, 6.07) is 8.03. The minimum Gasteiger partial charge on any atom is -0.459 e. The Morgan fingerprint density at radius 1 is 1.35 bits per heavy atom. The van der Waals surface area contributed by atoms with Crippen molar-refractivity contribution in [1.82, 2.24) is 5.32 Å². The van der Waals surface area contributed by atoms with E-state index < -0.39 is 17.6 Å². The van der Waals surface area contributed by atoms with Crippen molar-refractivity contribution < 1.29 is 14.0 Å². The number of hydrogen-bond acceptors (Lipinski definition) is 5. The maximum atomic E-state index is 12.1. The second kappa shape index (κ2) is 7.86. The summed E-state index contributed by atoms with van der Waals surface area (Å²) < 4.78 is 4.91. The Morgan fingerprint density at radius 2 is 2.15 bits per heavy atom. The molecular weight excluding hydrogens is 399 g/mol. The van der Waals surface area contributed by atoms with Crippen LogP contribution in [0.2, 0.25) is 10.0 Å². The minimum absolute atomic E-state index is 0.0281. The zero-order chi connectivity index (χ0) is 18.7. The van der Waals surface area contributed by atoms with Gasteiger partial charge in [-0.05, 0) is 29.8 Å². The molecule has 1 aromatic carbocycles. The molecule has 0 radical (unpaired) electrons. The second-order valence-electron chi connectivity index (χ2n) is 4.99. The predicted molar refractivity (Wildman–Crippen MR) is 102 cm³/mol. The number of carbonyl (C=O) groups is 2. The van der Waals surface area contributed by atoms with Crippen LogP contribution in [0.15, 0.2) is 51.0 Å². The van der Waals surface area contributed by atoms with E-state index in [2.05, 4.69) is 15.3 Å². The summed E-state index contributed by atoms with van der Waals surface area (Å²) in [6.07, 6.45) is 1.31. The molecule has 0 saturated carbocycles. The third-order valence-electron chi connectivity index (χ3n) is 3.20. The van der Waals surface area contributed by atoms with Gasteiger partial charge in [-0.15, -0.1) is 0 Å². The van der Waals surface area contributed by atoms with E-state index in [1.54, 1.807) is 18.2 Å². The van der Waals surface area contributed by atoms with Crippen molar-refractivity contribution in [2.24, 2.45) is 9.98 Å². The summed E-state index contributed by atoms with van der Waals surface area (Å²) in [5, 5.41) is 11.6. The molecule has 1 aromatic heterocycles. The quantitative estimate of drug-likeness (QED) is 0.808. The van der Waals surface area contributed by atoms with Gasteiger partial charge < -0.3 is 4.42 Å². The van der Waals surface area contributed by atoms with Gasteiger partial charge in [0.1, 0.15) is 0 Å². The van der Waals surface area contributed by atoms with Crippen molar-refractivity contribution in [3.8, 4) is 0 Å². The molecule has 0 saturated heterocycles. The monoisotopic (exact) mass is 408 g/mol. The van der Waals surface area contributed by atoms with Gasteiger partial charge in [-0.3, -0.25) is 20.3 Å². The average Bonchev–Trinajstić information content (AvgIpc) is 3.12. The lowest BCUT2D eigenvalue weighted by Crippen LogP contribution is -2.43. The van der Waals surface area contributed by atoms with Gasteiger partial charge in [0.15, 0.2) is 22.5 Å². The number of carbonyl (C=O) groups excluding carboxylic acids is 2. The molecule has 0 atom stereocenters. The molecule has 10 heteroatoms. The molecule has 0 spiro atoms. The summed E-state index contributed by atoms with van der Waals surface area (Å²) in [5.41, 5.74) is 0.428. The van der Waals surface area contributed by atoms with Gasteiger partial charge in [-0.25, -0.2) is 4.99 Å². The summed E-state index contributed by atoms with van der Waals surface area (Å²) in [7, 11) is 0. The molecule has 0 fully saturated rings. The van der Waals surface area contributed by atoms with Gasteiger partial charge in [0.05, 0.1) is 6.26 Å². The van der Waals surface area contributed by atoms with Crippen molar-refractivity contribution >= 4 is 63.5 Å². The summed E-state index contributed by atoms with van der Waals surface area (Å²) in [5.74, 6) is -1.46. The van der Waals surface area contributed by atoms with Crippen molar-refractivity contribution in [2.45, 2.75) is 5.75 Å². The molecule has 1 aliphatic heterocycles. The number of rotatable bonds is 3. The summed E-state index contributed by atoms with van der Waals surface area (Å²) >= 11 is 13.1. The van der Waals surface area contributed by atoms with E-state index in [4.69, 9.17) is 33.0 Å². The molecule has 0 aliphatic carbocycles. The lowest BCUT2D eigenvalue weighted by molar-refractivity contribution is -0.113. The Balaban J connectivity index is 1.71. The van der Waals surface area contributed by atoms with Crippen LogP contribution in [0.5, 0.6) is 0 Å². The summed E-state index contributed by atoms with van der Waals surface area (Å²) in [6.45, 7) is 0. The van der Waals surface area contributed by atoms with Gasteiger partial charge >= 0.3 is 5.91 Å². The normalized spacial score (nSPS) is 15.8. The Kier molecular flexibility index (Phi) is 5.55. The first-order chi connectivity index (χ1) is 12.4. The molecule has 7 nitrogen and oxygen atoms in total. The number of thioether (sulfide) groups is 1. The SMILES string of the molecule is N=C1N=C(SCc2ccc(Cl)cc2Cl)NC(=O)C1=NC(=O)c1ccco1. The molecule has 3 rings (SSSR count). The number of nitrogens with one attached hydrogen (secondary N) is 2. The fourth-order valence-electron chi connectivity index (χ4n) is 1.96. The number of hydrogen-bond donors (Lipinski definition) is 2. The largest absolute Gasteiger partial charge is 0.459 e. The van der Waals surface area contributed by atoms with E-state index in [0.29, 0.717) is 15.8 Å². The number of nitrogens with zero attached hydrogens (tertiary/aromatic N) is 2. The van der Waals surface area contributed by atoms with Crippen LogP contribution in [0.25, 0.3) is 0 Å². The van der Waals surface area contributed by atoms with Crippen molar-refractivity contribution in [1.29, 1.82) is 5.41 Å². The molecule has 1 aliphatic rings. The standard InChI is InChI=1S/C16H10Cl2N4O3S/c17-9-4-3-8(10(18)6-9)7-26-16-21-13(19)12(15(24)22-16)20-14(23)11-2-1-5-25-11/h1-6H,7H2,(H2,19,21,22,24). The fourth-order valence-corrected chi connectivity index (χ4v) is 3.38. The van der Waals surface area contributed by atoms with Crippen molar-refractivity contribution in [2.75, 3.05) is 0 Å². The van der Waals surface area contributed by atoms with Crippen LogP contribution in [0.3, 0.4) is 0 Å². The lowest BCUT2D eigenvalue weighted by Gasteiger charge is -2.15. The molecule has 26 heavy (non-hydrogen) atoms. The van der Waals surface area contributed by atoms with E-state index in [0.717, 1.165) is 5.56 Å². The Labute approximate surface area is 162 Å². The van der Waals surface area contributed by atoms with Gasteiger partial charge in [0, 0.05) is 15.8 Å². The molecule has 0 bridgehead atoms. The topological polar surface area (TPSA) is 108 Å². The minimum atomic E-state index is -0.760. The Bertz CT molecular complexity index is 954. The van der Waals surface area contributed by atoms with Crippen LogP contribution in [0, 0.1) is 5.41 Å². The van der Waals surface area contributed by atoms with E-state index in [1.807, 2.05) is 0 Å². The molecular formula is C16H10Cl2N4O3S. The van der Waals surface area contributed by atoms with Crippen LogP contribution in [-0.4, -0.2) is 28.5 Å². The van der Waals surface area contributed by atoms with E-state index >= 15 is 0 Å². The molecule has 2 aromatic rings. The van der Waals surface area contributed by atoms with Gasteiger partial charge in [-0.1, -0.05) is 41.0 Å². The zero-order valence-corrected chi connectivity index (χ0v) is 15.3. The predicted octanol–water partition coefficient (Wildman–Crippen LogP) is 3.56. The number of benzene rings is 1. The maximum absolute atomic E-state index is 12.1. The highest BCUT2D eigenvalue weighted by Gasteiger charge is 2.26. The van der Waals surface area contributed by atoms with Gasteiger partial charge in [0.25, 0.3) is 5.91 Å². The second-order valence-corrected chi connectivity index (χ2v) is 6.79. The third kappa shape index (κ3) is 4.21. The number of aliphatic imine (C=N–C) groups is 2. The Morgan fingerprint density at radius 3 is 2.81 bits per heavy atom. The summed E-state index contributed by atoms with van der Waals surface area (Å²) in [4.78, 5) is 31.6. The average molecular weight is 409 g/mol. The van der Waals surface area contributed by atoms with Crippen LogP contribution in [-0.2, 0) is 10.5 Å². The number of amides is 2. The molecule has 2 heterocycles. The van der Waals surface area contributed by atoms with Crippen LogP contribution < -0.4 is 5.32 Å². The van der Waals surface area contributed by atoms with Crippen LogP contribution in [0.1, 0.15) is 16.1 Å². The van der Waals surface area contributed by atoms with Crippen molar-refractivity contribution in [3.63, 3.8) is 0 Å². The Hall–Kier alpha value is -2.42. The fraction of sp³-hybridized carbons (Fsp3) is 0.0625. The highest BCUT2D eigenvalue weighted by Crippen LogP contribution is 2.25. The van der Waals surface area contributed by atoms with Crippen LogP contribution >= 0.6 is 35.0 Å². The molecule has 132 valence electrons. The highest BCUT2D eigenvalue weighted by molar-refractivity contribution is 8.13. The number of amidine groups is 2. The zero-order valence-electron chi connectivity index (χ0n) is 13.0. The van der Waals surface area contributed by atoms with Gasteiger partial charge in [0.2, 0.25) is 0 Å². The highest BCUT2D eigenvalue weighted by atomic mass is 35.5.